The number of aryl methyl sites for hydroxylation is 2. The van der Waals surface area contributed by atoms with Crippen molar-refractivity contribution < 1.29 is 9.94 Å². The summed E-state index contributed by atoms with van der Waals surface area (Å²) in [4.78, 5) is 4.47. The van der Waals surface area contributed by atoms with Gasteiger partial charge in [-0.1, -0.05) is 12.1 Å². The number of ether oxygens (including phenoxy) is 1. The summed E-state index contributed by atoms with van der Waals surface area (Å²) in [5.74, 6) is 0.529. The minimum Gasteiger partial charge on any atom is -0.477 e. The van der Waals surface area contributed by atoms with E-state index in [9.17, 15) is 0 Å². The van der Waals surface area contributed by atoms with Crippen molar-refractivity contribution in [2.24, 2.45) is 10.9 Å². The lowest BCUT2D eigenvalue weighted by molar-refractivity contribution is 0.301. The Hall–Kier alpha value is -1.78. The average molecular weight is 235 g/mol. The van der Waals surface area contributed by atoms with E-state index in [4.69, 9.17) is 15.7 Å². The summed E-state index contributed by atoms with van der Waals surface area (Å²) < 4.78 is 5.55. The summed E-state index contributed by atoms with van der Waals surface area (Å²) in [6.45, 7) is 2.61. The Kier molecular flexibility index (Phi) is 3.46. The van der Waals surface area contributed by atoms with Gasteiger partial charge in [-0.25, -0.2) is 4.98 Å². The molecule has 0 unspecified atom stereocenters. The molecule has 0 radical (unpaired) electrons. The summed E-state index contributed by atoms with van der Waals surface area (Å²) in [6, 6.07) is 1.93. The molecule has 1 aliphatic rings. The molecule has 0 saturated heterocycles. The van der Waals surface area contributed by atoms with Crippen LogP contribution in [0.1, 0.15) is 36.6 Å². The third-order valence-corrected chi connectivity index (χ3v) is 2.84. The largest absolute Gasteiger partial charge is 0.477 e. The summed E-state index contributed by atoms with van der Waals surface area (Å²) in [5.41, 5.74) is 8.48. The molecule has 5 nitrogen and oxygen atoms in total. The molecule has 1 aromatic heterocycles. The van der Waals surface area contributed by atoms with E-state index in [1.165, 1.54) is 5.56 Å². The highest BCUT2D eigenvalue weighted by Gasteiger charge is 2.19. The van der Waals surface area contributed by atoms with Crippen LogP contribution >= 0.6 is 0 Å². The molecule has 0 saturated carbocycles. The number of fused-ring (bicyclic) bond motifs is 1. The zero-order valence-electron chi connectivity index (χ0n) is 9.94. The van der Waals surface area contributed by atoms with Crippen LogP contribution in [-0.4, -0.2) is 22.6 Å². The van der Waals surface area contributed by atoms with Crippen LogP contribution in [0.15, 0.2) is 11.2 Å². The second-order valence-corrected chi connectivity index (χ2v) is 4.13. The van der Waals surface area contributed by atoms with Crippen LogP contribution in [0.3, 0.4) is 0 Å². The van der Waals surface area contributed by atoms with Crippen LogP contribution in [0.25, 0.3) is 0 Å². The number of hydrogen-bond acceptors (Lipinski definition) is 4. The van der Waals surface area contributed by atoms with Crippen LogP contribution in [0, 0.1) is 0 Å². The van der Waals surface area contributed by atoms with Crippen LogP contribution in [0.4, 0.5) is 0 Å². The number of aromatic nitrogens is 1. The first-order valence-electron chi connectivity index (χ1n) is 5.89. The summed E-state index contributed by atoms with van der Waals surface area (Å²) in [6.07, 6.45) is 3.99. The molecule has 0 fully saturated rings. The molecule has 0 aliphatic heterocycles. The molecular formula is C12H17N3O2. The van der Waals surface area contributed by atoms with Crippen LogP contribution in [-0.2, 0) is 12.8 Å². The Morgan fingerprint density at radius 1 is 1.59 bits per heavy atom. The smallest absolute Gasteiger partial charge is 0.224 e. The van der Waals surface area contributed by atoms with Gasteiger partial charge >= 0.3 is 0 Å². The maximum absolute atomic E-state index is 8.77. The molecule has 2 rings (SSSR count). The van der Waals surface area contributed by atoms with Gasteiger partial charge in [-0.2, -0.15) is 0 Å². The molecule has 92 valence electrons. The maximum atomic E-state index is 8.77. The fraction of sp³-hybridized carbons (Fsp3) is 0.500. The molecule has 0 spiro atoms. The topological polar surface area (TPSA) is 80.7 Å². The first kappa shape index (κ1) is 11.7. The van der Waals surface area contributed by atoms with Crippen molar-refractivity contribution in [3.8, 4) is 5.88 Å². The summed E-state index contributed by atoms with van der Waals surface area (Å²) >= 11 is 0. The van der Waals surface area contributed by atoms with Gasteiger partial charge in [0.05, 0.1) is 12.2 Å². The lowest BCUT2D eigenvalue weighted by Crippen LogP contribution is -2.17. The van der Waals surface area contributed by atoms with Crippen molar-refractivity contribution in [1.29, 1.82) is 0 Å². The van der Waals surface area contributed by atoms with Crippen molar-refractivity contribution in [2.45, 2.75) is 32.6 Å². The zero-order chi connectivity index (χ0) is 12.3. The second kappa shape index (κ2) is 5.03. The summed E-state index contributed by atoms with van der Waals surface area (Å²) in [5, 5.41) is 11.8. The van der Waals surface area contributed by atoms with Crippen LogP contribution < -0.4 is 10.5 Å². The van der Waals surface area contributed by atoms with E-state index in [2.05, 4.69) is 10.1 Å². The van der Waals surface area contributed by atoms with E-state index in [0.717, 1.165) is 31.4 Å². The highest BCUT2D eigenvalue weighted by atomic mass is 16.5. The van der Waals surface area contributed by atoms with Crippen molar-refractivity contribution in [1.82, 2.24) is 4.98 Å². The molecule has 1 aromatic rings. The Morgan fingerprint density at radius 3 is 3.12 bits per heavy atom. The van der Waals surface area contributed by atoms with Gasteiger partial charge in [0.1, 0.15) is 0 Å². The normalized spacial score (nSPS) is 14.8. The zero-order valence-corrected chi connectivity index (χ0v) is 9.94. The van der Waals surface area contributed by atoms with Crippen molar-refractivity contribution in [2.75, 3.05) is 6.61 Å². The minimum absolute atomic E-state index is 0.0540. The van der Waals surface area contributed by atoms with Gasteiger partial charge in [-0.05, 0) is 37.3 Å². The number of hydrogen-bond donors (Lipinski definition) is 2. The van der Waals surface area contributed by atoms with Gasteiger partial charge in [-0.3, -0.25) is 0 Å². The van der Waals surface area contributed by atoms with E-state index in [1.54, 1.807) is 0 Å². The molecule has 1 heterocycles. The van der Waals surface area contributed by atoms with Crippen molar-refractivity contribution in [3.05, 3.63) is 22.9 Å². The van der Waals surface area contributed by atoms with Crippen LogP contribution in [0.5, 0.6) is 5.88 Å². The Morgan fingerprint density at radius 2 is 2.41 bits per heavy atom. The minimum atomic E-state index is 0.0540. The van der Waals surface area contributed by atoms with Crippen LogP contribution in [0.2, 0.25) is 0 Å². The van der Waals surface area contributed by atoms with E-state index in [-0.39, 0.29) is 5.84 Å². The van der Waals surface area contributed by atoms with Crippen molar-refractivity contribution >= 4 is 5.84 Å². The van der Waals surface area contributed by atoms with E-state index >= 15 is 0 Å². The number of oxime groups is 1. The van der Waals surface area contributed by atoms with Gasteiger partial charge in [-0.15, -0.1) is 0 Å². The summed E-state index contributed by atoms with van der Waals surface area (Å²) in [7, 11) is 0. The maximum Gasteiger partial charge on any atom is 0.224 e. The number of amidine groups is 1. The van der Waals surface area contributed by atoms with Gasteiger partial charge < -0.3 is 15.7 Å². The lowest BCUT2D eigenvalue weighted by atomic mass is 10.1. The number of pyridine rings is 1. The predicted molar refractivity (Wildman–Crippen MR) is 64.6 cm³/mol. The molecule has 17 heavy (non-hydrogen) atoms. The van der Waals surface area contributed by atoms with Gasteiger partial charge in [0.2, 0.25) is 5.88 Å². The molecule has 3 N–H and O–H groups in total. The predicted octanol–water partition coefficient (Wildman–Crippen LogP) is 1.45. The first-order valence-corrected chi connectivity index (χ1v) is 5.89. The monoisotopic (exact) mass is 235 g/mol. The quantitative estimate of drug-likeness (QED) is 0.358. The molecule has 1 aliphatic carbocycles. The number of rotatable bonds is 4. The molecule has 0 bridgehead atoms. The highest BCUT2D eigenvalue weighted by molar-refractivity contribution is 5.99. The third kappa shape index (κ3) is 2.33. The Balaban J connectivity index is 2.39. The molecular weight excluding hydrogens is 218 g/mol. The Bertz CT molecular complexity index is 444. The Labute approximate surface area is 100 Å². The SMILES string of the molecule is CCCOc1nc2c(cc1C(N)=NO)CCC2. The molecule has 0 aromatic carbocycles. The average Bonchev–Trinajstić information content (AvgIpc) is 2.81. The standard InChI is InChI=1S/C12H17N3O2/c1-2-6-17-12-9(11(13)15-16)7-8-4-3-5-10(8)14-12/h7,16H,2-6H2,1H3,(H2,13,15). The van der Waals surface area contributed by atoms with Gasteiger partial charge in [0.25, 0.3) is 0 Å². The number of nitrogens with two attached hydrogens (primary N) is 1. The van der Waals surface area contributed by atoms with Crippen molar-refractivity contribution in [3.63, 3.8) is 0 Å². The second-order valence-electron chi connectivity index (χ2n) is 4.13. The van der Waals surface area contributed by atoms with Gasteiger partial charge in [0.15, 0.2) is 5.84 Å². The molecule has 5 heteroatoms. The van der Waals surface area contributed by atoms with E-state index in [0.29, 0.717) is 18.1 Å². The molecule has 0 amide bonds. The lowest BCUT2D eigenvalue weighted by Gasteiger charge is -2.11. The fourth-order valence-electron chi connectivity index (χ4n) is 2.00. The highest BCUT2D eigenvalue weighted by Crippen LogP contribution is 2.26. The van der Waals surface area contributed by atoms with E-state index < -0.39 is 0 Å². The van der Waals surface area contributed by atoms with Gasteiger partial charge in [0, 0.05) is 5.69 Å². The van der Waals surface area contributed by atoms with E-state index in [1.807, 2.05) is 13.0 Å². The molecule has 0 atom stereocenters. The fourth-order valence-corrected chi connectivity index (χ4v) is 2.00. The third-order valence-electron chi connectivity index (χ3n) is 2.84. The first-order chi connectivity index (χ1) is 8.26. The number of nitrogens with zero attached hydrogens (tertiary/aromatic N) is 2.